The standard InChI is InChI=1S/C23H29NO5/c1-22-5-2-6-23(12-28-23)20(22)8-15-16(21(25)29-19(15)9-22)11-24-10-14-3-4-17-18(7-14)27-13-26-17/h3-4,7,15-16,19-20,24H,2,5-6,8-13H2,1H3/p+1/t15-,16-,19-,20+,22-,23-/m1/s1. The number of quaternary nitrogens is 1. The summed E-state index contributed by atoms with van der Waals surface area (Å²) in [5.41, 5.74) is 1.57. The highest BCUT2D eigenvalue weighted by atomic mass is 16.7. The van der Waals surface area contributed by atoms with Crippen molar-refractivity contribution in [1.29, 1.82) is 0 Å². The number of carbonyl (C=O) groups is 1. The zero-order valence-electron chi connectivity index (χ0n) is 17.0. The van der Waals surface area contributed by atoms with Crippen molar-refractivity contribution in [3.8, 4) is 11.5 Å². The second-order valence-electron chi connectivity index (χ2n) is 10.0. The highest BCUT2D eigenvalue weighted by molar-refractivity contribution is 5.75. The highest BCUT2D eigenvalue weighted by Gasteiger charge is 2.65. The maximum Gasteiger partial charge on any atom is 0.315 e. The van der Waals surface area contributed by atoms with E-state index < -0.39 is 0 Å². The Balaban J connectivity index is 1.13. The fraction of sp³-hybridized carbons (Fsp3) is 0.696. The van der Waals surface area contributed by atoms with Gasteiger partial charge in [-0.25, -0.2) is 0 Å². The third-order valence-corrected chi connectivity index (χ3v) is 8.32. The number of carbonyl (C=O) groups excluding carboxylic acids is 1. The zero-order valence-corrected chi connectivity index (χ0v) is 17.0. The molecule has 0 amide bonds. The molecular weight excluding hydrogens is 370 g/mol. The molecule has 2 aliphatic carbocycles. The van der Waals surface area contributed by atoms with E-state index in [4.69, 9.17) is 18.9 Å². The maximum atomic E-state index is 12.7. The lowest BCUT2D eigenvalue weighted by molar-refractivity contribution is -0.675. The maximum absolute atomic E-state index is 12.7. The van der Waals surface area contributed by atoms with Gasteiger partial charge < -0.3 is 24.3 Å². The second-order valence-corrected chi connectivity index (χ2v) is 10.0. The topological polar surface area (TPSA) is 73.9 Å². The van der Waals surface area contributed by atoms with Gasteiger partial charge in [-0.05, 0) is 61.6 Å². The summed E-state index contributed by atoms with van der Waals surface area (Å²) in [6.07, 6.45) is 5.87. The molecule has 6 heteroatoms. The molecule has 6 atom stereocenters. The van der Waals surface area contributed by atoms with Crippen LogP contribution in [0.3, 0.4) is 0 Å². The average molecular weight is 400 g/mol. The van der Waals surface area contributed by atoms with E-state index in [-0.39, 0.29) is 29.0 Å². The number of hydrogen-bond donors (Lipinski definition) is 1. The Kier molecular flexibility index (Phi) is 3.95. The summed E-state index contributed by atoms with van der Waals surface area (Å²) in [6, 6.07) is 6.07. The van der Waals surface area contributed by atoms with Gasteiger partial charge in [-0.2, -0.15) is 0 Å². The van der Waals surface area contributed by atoms with Crippen molar-refractivity contribution in [2.75, 3.05) is 19.9 Å². The van der Waals surface area contributed by atoms with Crippen molar-refractivity contribution >= 4 is 5.97 Å². The Labute approximate surface area is 171 Å². The normalized spacial score (nSPS) is 41.8. The SMILES string of the molecule is C[C@]12CCC[C@@]3(CO3)[C@H]1C[C@H]1[C@@H](C2)OC(=O)[C@@H]1C[NH2+]Cc1ccc2c(c1)OCO2. The molecule has 2 saturated heterocycles. The van der Waals surface area contributed by atoms with E-state index in [1.165, 1.54) is 24.8 Å². The van der Waals surface area contributed by atoms with Crippen LogP contribution in [0.15, 0.2) is 18.2 Å². The minimum Gasteiger partial charge on any atom is -0.462 e. The van der Waals surface area contributed by atoms with Crippen LogP contribution in [0, 0.1) is 23.2 Å². The van der Waals surface area contributed by atoms with Gasteiger partial charge >= 0.3 is 5.97 Å². The van der Waals surface area contributed by atoms with Crippen LogP contribution in [0.5, 0.6) is 11.5 Å². The summed E-state index contributed by atoms with van der Waals surface area (Å²) in [4.78, 5) is 12.7. The van der Waals surface area contributed by atoms with Gasteiger partial charge in [0.15, 0.2) is 11.5 Å². The van der Waals surface area contributed by atoms with E-state index in [0.29, 0.717) is 18.6 Å². The summed E-state index contributed by atoms with van der Waals surface area (Å²) < 4.78 is 22.8. The molecule has 1 aromatic rings. The minimum atomic E-state index is -0.00344. The molecule has 0 aromatic heterocycles. The smallest absolute Gasteiger partial charge is 0.315 e. The van der Waals surface area contributed by atoms with Crippen molar-refractivity contribution in [1.82, 2.24) is 0 Å². The highest BCUT2D eigenvalue weighted by Crippen LogP contribution is 2.62. The van der Waals surface area contributed by atoms with E-state index in [2.05, 4.69) is 18.3 Å². The first kappa shape index (κ1) is 18.0. The largest absolute Gasteiger partial charge is 0.462 e. The van der Waals surface area contributed by atoms with Gasteiger partial charge in [0.1, 0.15) is 18.6 Å². The van der Waals surface area contributed by atoms with Crippen LogP contribution in [0.2, 0.25) is 0 Å². The van der Waals surface area contributed by atoms with Gasteiger partial charge in [0.25, 0.3) is 0 Å². The van der Waals surface area contributed by atoms with Crippen molar-refractivity contribution in [3.63, 3.8) is 0 Å². The number of nitrogens with two attached hydrogens (primary N) is 1. The Morgan fingerprint density at radius 1 is 1.21 bits per heavy atom. The number of fused-ring (bicyclic) bond motifs is 4. The van der Waals surface area contributed by atoms with E-state index in [1.54, 1.807) is 0 Å². The van der Waals surface area contributed by atoms with E-state index in [0.717, 1.165) is 44.0 Å². The predicted molar refractivity (Wildman–Crippen MR) is 103 cm³/mol. The molecule has 5 aliphatic rings. The first-order valence-electron chi connectivity index (χ1n) is 11.1. The summed E-state index contributed by atoms with van der Waals surface area (Å²) in [5, 5.41) is 2.24. The second kappa shape index (κ2) is 6.35. The van der Waals surface area contributed by atoms with Gasteiger partial charge in [0.05, 0.1) is 18.8 Å². The Morgan fingerprint density at radius 3 is 2.93 bits per heavy atom. The molecule has 3 heterocycles. The summed E-state index contributed by atoms with van der Waals surface area (Å²) in [7, 11) is 0. The Morgan fingerprint density at radius 2 is 2.07 bits per heavy atom. The molecule has 1 aromatic carbocycles. The molecule has 4 fully saturated rings. The first-order chi connectivity index (χ1) is 14.1. The lowest BCUT2D eigenvalue weighted by atomic mass is 9.53. The minimum absolute atomic E-state index is 0.00344. The number of ether oxygens (including phenoxy) is 4. The molecule has 3 aliphatic heterocycles. The van der Waals surface area contributed by atoms with Crippen molar-refractivity contribution in [2.24, 2.45) is 23.2 Å². The molecule has 2 N–H and O–H groups in total. The number of benzene rings is 1. The summed E-state index contributed by atoms with van der Waals surface area (Å²) in [5.74, 6) is 2.55. The predicted octanol–water partition coefficient (Wildman–Crippen LogP) is 2.01. The van der Waals surface area contributed by atoms with Gasteiger partial charge in [-0.15, -0.1) is 0 Å². The van der Waals surface area contributed by atoms with E-state index in [1.807, 2.05) is 12.1 Å². The summed E-state index contributed by atoms with van der Waals surface area (Å²) in [6.45, 7) is 5.23. The lowest BCUT2D eigenvalue weighted by Gasteiger charge is -2.51. The van der Waals surface area contributed by atoms with E-state index in [9.17, 15) is 4.79 Å². The van der Waals surface area contributed by atoms with Gasteiger partial charge in [-0.1, -0.05) is 6.92 Å². The molecule has 0 unspecified atom stereocenters. The monoisotopic (exact) mass is 400 g/mol. The zero-order chi connectivity index (χ0) is 19.6. The number of hydrogen-bond acceptors (Lipinski definition) is 5. The molecule has 1 spiro atoms. The molecule has 0 radical (unpaired) electrons. The molecule has 0 bridgehead atoms. The number of epoxide rings is 1. The fourth-order valence-corrected chi connectivity index (χ4v) is 6.72. The molecular formula is C23H30NO5+. The van der Waals surface area contributed by atoms with Crippen molar-refractivity contribution in [3.05, 3.63) is 23.8 Å². The molecule has 2 saturated carbocycles. The number of esters is 1. The molecule has 6 rings (SSSR count). The third-order valence-electron chi connectivity index (χ3n) is 8.32. The Bertz CT molecular complexity index is 837. The van der Waals surface area contributed by atoms with Crippen LogP contribution in [0.1, 0.15) is 44.6 Å². The van der Waals surface area contributed by atoms with Gasteiger partial charge in [0.2, 0.25) is 6.79 Å². The van der Waals surface area contributed by atoms with Crippen LogP contribution in [-0.4, -0.2) is 37.6 Å². The Hall–Kier alpha value is -1.79. The van der Waals surface area contributed by atoms with Gasteiger partial charge in [-0.3, -0.25) is 4.79 Å². The quantitative estimate of drug-likeness (QED) is 0.618. The molecule has 156 valence electrons. The van der Waals surface area contributed by atoms with Crippen molar-refractivity contribution < 1.29 is 29.1 Å². The average Bonchev–Trinajstić information content (AvgIpc) is 3.18. The fourth-order valence-electron chi connectivity index (χ4n) is 6.72. The van der Waals surface area contributed by atoms with Gasteiger partial charge in [0, 0.05) is 11.5 Å². The van der Waals surface area contributed by atoms with E-state index >= 15 is 0 Å². The van der Waals surface area contributed by atoms with Crippen LogP contribution in [0.25, 0.3) is 0 Å². The van der Waals surface area contributed by atoms with Crippen molar-refractivity contribution in [2.45, 2.75) is 57.3 Å². The van der Waals surface area contributed by atoms with Crippen LogP contribution in [0.4, 0.5) is 0 Å². The summed E-state index contributed by atoms with van der Waals surface area (Å²) >= 11 is 0. The number of rotatable bonds is 4. The first-order valence-corrected chi connectivity index (χ1v) is 11.1. The van der Waals surface area contributed by atoms with Crippen LogP contribution >= 0.6 is 0 Å². The molecule has 6 nitrogen and oxygen atoms in total. The van der Waals surface area contributed by atoms with Crippen LogP contribution in [-0.2, 0) is 20.8 Å². The lowest BCUT2D eigenvalue weighted by Crippen LogP contribution is -2.84. The third kappa shape index (κ3) is 2.87. The molecule has 29 heavy (non-hydrogen) atoms. The van der Waals surface area contributed by atoms with Crippen LogP contribution < -0.4 is 14.8 Å².